The maximum absolute atomic E-state index is 3.06. The molecular formula is C50H60Cl2Zr. The normalized spacial score (nSPS) is 22.3. The summed E-state index contributed by atoms with van der Waals surface area (Å²) in [5.74, 6) is 0. The zero-order valence-corrected chi connectivity index (χ0v) is 36.7. The second-order valence-electron chi connectivity index (χ2n) is 16.5. The van der Waals surface area contributed by atoms with Gasteiger partial charge < -0.3 is 24.8 Å². The first kappa shape index (κ1) is 40.5. The predicted octanol–water partition coefficient (Wildman–Crippen LogP) is 9.21. The Balaban J connectivity index is 0.00000240. The van der Waals surface area contributed by atoms with E-state index in [4.69, 9.17) is 0 Å². The van der Waals surface area contributed by atoms with E-state index in [1.165, 1.54) is 123 Å². The van der Waals surface area contributed by atoms with Crippen LogP contribution in [0.2, 0.25) is 7.25 Å². The molecule has 0 aromatic heterocycles. The monoisotopic (exact) mass is 820 g/mol. The zero-order valence-electron chi connectivity index (χ0n) is 32.7. The molecular weight excluding hydrogens is 763 g/mol. The van der Waals surface area contributed by atoms with Gasteiger partial charge in [0.2, 0.25) is 0 Å². The molecule has 4 atom stereocenters. The molecule has 4 aromatic rings. The van der Waals surface area contributed by atoms with Crippen molar-refractivity contribution in [2.24, 2.45) is 0 Å². The van der Waals surface area contributed by atoms with E-state index in [9.17, 15) is 0 Å². The first-order valence-corrected chi connectivity index (χ1v) is 26.7. The fourth-order valence-corrected chi connectivity index (χ4v) is 34.5. The SMILES string of the molecule is CCCCC1=Cc2c(-c3ccc(CCC)cc3)cccc2[CH]1[Zr+2]1([CH]2C(CCCC)=Cc3c(-c4ccc(CCC)cc4)cccc32)[CH]2CCCC[CH]21.[Cl-].[Cl-]. The summed E-state index contributed by atoms with van der Waals surface area (Å²) >= 11 is -3.06. The molecule has 1 aliphatic heterocycles. The van der Waals surface area contributed by atoms with Gasteiger partial charge in [-0.15, -0.1) is 0 Å². The molecule has 1 saturated heterocycles. The predicted molar refractivity (Wildman–Crippen MR) is 218 cm³/mol. The molecule has 0 N–H and O–H groups in total. The Morgan fingerprint density at radius 1 is 0.491 bits per heavy atom. The van der Waals surface area contributed by atoms with Gasteiger partial charge in [0.15, 0.2) is 0 Å². The minimum absolute atomic E-state index is 0. The molecule has 2 fully saturated rings. The molecule has 0 nitrogen and oxygen atoms in total. The van der Waals surface area contributed by atoms with Crippen LogP contribution in [0.1, 0.15) is 145 Å². The van der Waals surface area contributed by atoms with Crippen LogP contribution >= 0.6 is 0 Å². The third-order valence-electron chi connectivity index (χ3n) is 13.5. The number of rotatable bonds is 14. The van der Waals surface area contributed by atoms with Crippen molar-refractivity contribution in [1.82, 2.24) is 0 Å². The summed E-state index contributed by atoms with van der Waals surface area (Å²) in [4.78, 5) is 0. The number of unbranched alkanes of at least 4 members (excludes halogenated alkanes) is 2. The Morgan fingerprint density at radius 3 is 1.28 bits per heavy atom. The molecule has 3 aliphatic carbocycles. The topological polar surface area (TPSA) is 0 Å². The molecule has 278 valence electrons. The molecule has 4 aromatic carbocycles. The van der Waals surface area contributed by atoms with Gasteiger partial charge in [0.25, 0.3) is 0 Å². The Morgan fingerprint density at radius 2 is 0.906 bits per heavy atom. The number of aryl methyl sites for hydroxylation is 2. The summed E-state index contributed by atoms with van der Waals surface area (Å²) in [6.45, 7) is 9.36. The fourth-order valence-electron chi connectivity index (χ4n) is 11.3. The zero-order chi connectivity index (χ0) is 35.0. The Kier molecular flexibility index (Phi) is 13.6. The summed E-state index contributed by atoms with van der Waals surface area (Å²) in [7, 11) is 0. The number of benzene rings is 4. The van der Waals surface area contributed by atoms with Gasteiger partial charge in [-0.3, -0.25) is 0 Å². The molecule has 4 aliphatic rings. The second-order valence-corrected chi connectivity index (χ2v) is 27.9. The average Bonchev–Trinajstić information content (AvgIpc) is 3.43. The van der Waals surface area contributed by atoms with Crippen LogP contribution in [0.5, 0.6) is 0 Å². The summed E-state index contributed by atoms with van der Waals surface area (Å²) in [6.07, 6.45) is 23.9. The van der Waals surface area contributed by atoms with Gasteiger partial charge in [-0.05, 0) is 0 Å². The van der Waals surface area contributed by atoms with Crippen molar-refractivity contribution in [2.75, 3.05) is 0 Å². The van der Waals surface area contributed by atoms with Gasteiger partial charge in [0.1, 0.15) is 0 Å². The van der Waals surface area contributed by atoms with Crippen molar-refractivity contribution >= 4 is 12.2 Å². The van der Waals surface area contributed by atoms with Crippen LogP contribution in [0.4, 0.5) is 0 Å². The van der Waals surface area contributed by atoms with Crippen LogP contribution in [0, 0.1) is 0 Å². The fraction of sp³-hybridized carbons (Fsp3) is 0.440. The quantitative estimate of drug-likeness (QED) is 0.119. The second kappa shape index (κ2) is 17.7. The Bertz CT molecular complexity index is 1780. The molecule has 8 rings (SSSR count). The largest absolute Gasteiger partial charge is 1.00 e. The number of hydrogen-bond acceptors (Lipinski definition) is 0. The summed E-state index contributed by atoms with van der Waals surface area (Å²) in [5, 5.41) is 0. The van der Waals surface area contributed by atoms with Crippen molar-refractivity contribution in [1.29, 1.82) is 0 Å². The van der Waals surface area contributed by atoms with E-state index in [1.807, 2.05) is 11.1 Å². The van der Waals surface area contributed by atoms with Crippen LogP contribution in [-0.2, 0) is 33.1 Å². The van der Waals surface area contributed by atoms with Crippen molar-refractivity contribution < 1.29 is 45.1 Å². The van der Waals surface area contributed by atoms with E-state index < -0.39 is 20.3 Å². The van der Waals surface area contributed by atoms with E-state index in [0.717, 1.165) is 7.25 Å². The first-order valence-electron chi connectivity index (χ1n) is 21.0. The number of allylic oxidation sites excluding steroid dienone is 2. The molecule has 0 amide bonds. The van der Waals surface area contributed by atoms with E-state index in [1.54, 1.807) is 22.3 Å². The van der Waals surface area contributed by atoms with Crippen LogP contribution in [0.3, 0.4) is 0 Å². The first-order chi connectivity index (χ1) is 25.1. The smallest absolute Gasteiger partial charge is 1.00 e. The minimum atomic E-state index is -3.06. The molecule has 0 spiro atoms. The third-order valence-corrected chi connectivity index (χ3v) is 30.5. The van der Waals surface area contributed by atoms with E-state index in [0.29, 0.717) is 7.25 Å². The number of halogens is 2. The molecule has 4 unspecified atom stereocenters. The van der Waals surface area contributed by atoms with Gasteiger partial charge in [-0.25, -0.2) is 0 Å². The van der Waals surface area contributed by atoms with Crippen LogP contribution < -0.4 is 24.8 Å². The Hall–Kier alpha value is -2.18. The van der Waals surface area contributed by atoms with Gasteiger partial charge in [-0.1, -0.05) is 0 Å². The average molecular weight is 823 g/mol. The van der Waals surface area contributed by atoms with Crippen LogP contribution in [0.15, 0.2) is 96.1 Å². The van der Waals surface area contributed by atoms with Crippen molar-refractivity contribution in [3.05, 3.63) is 129 Å². The Labute approximate surface area is 338 Å². The van der Waals surface area contributed by atoms with E-state index >= 15 is 0 Å². The number of hydrogen-bond donors (Lipinski definition) is 0. The van der Waals surface area contributed by atoms with Gasteiger partial charge in [-0.2, -0.15) is 0 Å². The van der Waals surface area contributed by atoms with E-state index in [2.05, 4.69) is 125 Å². The standard InChI is InChI=1S/2C22H25.C6H10.2ClH.Zr/c2*1-3-5-8-18-15-20-9-6-10-21(22(20)16-18)19-13-11-17(7-4-2)12-14-19;1-2-4-6-5-3-1;;;/h2*6,9-16H,3-5,7-8H2,1-2H3;1-2H,3-6H2;2*1H;/q;;;;;+2/p-2. The maximum atomic E-state index is 2.76. The minimum Gasteiger partial charge on any atom is -1.00 e. The maximum Gasteiger partial charge on any atom is -1.00 e. The summed E-state index contributed by atoms with van der Waals surface area (Å²) < 4.78 is 3.46. The van der Waals surface area contributed by atoms with Gasteiger partial charge in [0.05, 0.1) is 0 Å². The number of fused-ring (bicyclic) bond motifs is 3. The van der Waals surface area contributed by atoms with Crippen molar-refractivity contribution in [3.8, 4) is 22.3 Å². The van der Waals surface area contributed by atoms with Crippen LogP contribution in [0.25, 0.3) is 34.4 Å². The third kappa shape index (κ3) is 7.31. The van der Waals surface area contributed by atoms with Crippen molar-refractivity contribution in [3.63, 3.8) is 0 Å². The summed E-state index contributed by atoms with van der Waals surface area (Å²) in [6, 6.07) is 34.1. The molecule has 1 saturated carbocycles. The van der Waals surface area contributed by atoms with E-state index in [-0.39, 0.29) is 24.8 Å². The molecule has 0 bridgehead atoms. The molecule has 3 heteroatoms. The van der Waals surface area contributed by atoms with Gasteiger partial charge >= 0.3 is 316 Å². The molecule has 53 heavy (non-hydrogen) atoms. The molecule has 0 radical (unpaired) electrons. The van der Waals surface area contributed by atoms with Gasteiger partial charge in [0, 0.05) is 0 Å². The van der Waals surface area contributed by atoms with Crippen molar-refractivity contribution in [2.45, 2.75) is 132 Å². The summed E-state index contributed by atoms with van der Waals surface area (Å²) in [5.41, 5.74) is 19.0. The van der Waals surface area contributed by atoms with Crippen LogP contribution in [-0.4, -0.2) is 0 Å². The molecule has 1 heterocycles.